The maximum Gasteiger partial charge on any atom is 0.325 e. The fourth-order valence-corrected chi connectivity index (χ4v) is 1.92. The molecule has 0 aliphatic heterocycles. The second kappa shape index (κ2) is 5.01. The van der Waals surface area contributed by atoms with Crippen LogP contribution in [0.1, 0.15) is 17.4 Å². The van der Waals surface area contributed by atoms with E-state index in [2.05, 4.69) is 10.5 Å². The highest BCUT2D eigenvalue weighted by Crippen LogP contribution is 2.24. The number of aromatic nitrogens is 1. The predicted molar refractivity (Wildman–Crippen MR) is 64.4 cm³/mol. The highest BCUT2D eigenvalue weighted by molar-refractivity contribution is 7.13. The summed E-state index contributed by atoms with van der Waals surface area (Å²) in [4.78, 5) is 23.1. The van der Waals surface area contributed by atoms with Crippen molar-refractivity contribution >= 4 is 23.2 Å². The monoisotopic (exact) mass is 266 g/mol. The van der Waals surface area contributed by atoms with E-state index in [1.54, 1.807) is 0 Å². The van der Waals surface area contributed by atoms with Gasteiger partial charge in [0.2, 0.25) is 0 Å². The standard InChI is InChI=1S/C11H10N2O4S/c1-6(11(15)16)12-10(14)7-5-8(17-13-7)9-3-2-4-18-9/h2-6H,1H3,(H,12,14)(H,15,16)/t6-/m1/s1. The Morgan fingerprint density at radius 1 is 1.56 bits per heavy atom. The Kier molecular flexibility index (Phi) is 3.42. The third-order valence-electron chi connectivity index (χ3n) is 2.22. The molecule has 2 rings (SSSR count). The number of amides is 1. The van der Waals surface area contributed by atoms with Gasteiger partial charge in [-0.3, -0.25) is 9.59 Å². The zero-order valence-corrected chi connectivity index (χ0v) is 10.2. The molecule has 7 heteroatoms. The summed E-state index contributed by atoms with van der Waals surface area (Å²) >= 11 is 1.46. The molecular weight excluding hydrogens is 256 g/mol. The van der Waals surface area contributed by atoms with Crippen LogP contribution in [0.3, 0.4) is 0 Å². The van der Waals surface area contributed by atoms with E-state index in [-0.39, 0.29) is 5.69 Å². The topological polar surface area (TPSA) is 92.4 Å². The number of aliphatic carboxylic acids is 1. The Morgan fingerprint density at radius 3 is 2.94 bits per heavy atom. The van der Waals surface area contributed by atoms with Crippen molar-refractivity contribution in [3.8, 4) is 10.6 Å². The Labute approximate surface area is 106 Å². The van der Waals surface area contributed by atoms with Crippen LogP contribution in [0.15, 0.2) is 28.1 Å². The lowest BCUT2D eigenvalue weighted by atomic mass is 10.3. The molecule has 0 spiro atoms. The van der Waals surface area contributed by atoms with Crippen molar-refractivity contribution in [2.24, 2.45) is 0 Å². The summed E-state index contributed by atoms with van der Waals surface area (Å²) < 4.78 is 5.02. The maximum absolute atomic E-state index is 11.6. The van der Waals surface area contributed by atoms with Gasteiger partial charge in [-0.05, 0) is 18.4 Å². The molecule has 1 amide bonds. The molecule has 18 heavy (non-hydrogen) atoms. The molecule has 0 aromatic carbocycles. The Morgan fingerprint density at radius 2 is 2.33 bits per heavy atom. The van der Waals surface area contributed by atoms with Crippen LogP contribution in [0.2, 0.25) is 0 Å². The van der Waals surface area contributed by atoms with Gasteiger partial charge in [0, 0.05) is 6.07 Å². The van der Waals surface area contributed by atoms with Crippen molar-refractivity contribution in [3.63, 3.8) is 0 Å². The number of hydrogen-bond donors (Lipinski definition) is 2. The van der Waals surface area contributed by atoms with Crippen LogP contribution in [-0.4, -0.2) is 28.2 Å². The number of nitrogens with one attached hydrogen (secondary N) is 1. The number of nitrogens with zero attached hydrogens (tertiary/aromatic N) is 1. The largest absolute Gasteiger partial charge is 0.480 e. The molecule has 2 heterocycles. The third-order valence-corrected chi connectivity index (χ3v) is 3.11. The minimum Gasteiger partial charge on any atom is -0.480 e. The Hall–Kier alpha value is -2.15. The van der Waals surface area contributed by atoms with Crippen LogP contribution in [0.5, 0.6) is 0 Å². The average molecular weight is 266 g/mol. The molecule has 0 aliphatic carbocycles. The first-order valence-corrected chi connectivity index (χ1v) is 6.00. The zero-order chi connectivity index (χ0) is 13.1. The first kappa shape index (κ1) is 12.3. The molecule has 1 atom stereocenters. The fraction of sp³-hybridized carbons (Fsp3) is 0.182. The molecule has 2 aromatic rings. The van der Waals surface area contributed by atoms with Crippen LogP contribution in [0.4, 0.5) is 0 Å². The minimum atomic E-state index is -1.11. The number of thiophene rings is 1. The van der Waals surface area contributed by atoms with Gasteiger partial charge in [0.05, 0.1) is 4.88 Å². The van der Waals surface area contributed by atoms with E-state index in [9.17, 15) is 9.59 Å². The van der Waals surface area contributed by atoms with Gasteiger partial charge in [0.15, 0.2) is 11.5 Å². The normalized spacial score (nSPS) is 12.1. The van der Waals surface area contributed by atoms with Gasteiger partial charge in [0.25, 0.3) is 5.91 Å². The van der Waals surface area contributed by atoms with E-state index in [1.165, 1.54) is 24.3 Å². The summed E-state index contributed by atoms with van der Waals surface area (Å²) in [6.07, 6.45) is 0. The van der Waals surface area contributed by atoms with Gasteiger partial charge in [-0.2, -0.15) is 0 Å². The molecular formula is C11H10N2O4S. The fourth-order valence-electron chi connectivity index (χ4n) is 1.25. The van der Waals surface area contributed by atoms with Crippen molar-refractivity contribution in [1.82, 2.24) is 10.5 Å². The van der Waals surface area contributed by atoms with Crippen LogP contribution >= 0.6 is 11.3 Å². The number of carbonyl (C=O) groups is 2. The van der Waals surface area contributed by atoms with Crippen LogP contribution < -0.4 is 5.32 Å². The second-order valence-corrected chi connectivity index (χ2v) is 4.53. The van der Waals surface area contributed by atoms with Crippen molar-refractivity contribution in [3.05, 3.63) is 29.3 Å². The van der Waals surface area contributed by atoms with Crippen molar-refractivity contribution in [2.75, 3.05) is 0 Å². The lowest BCUT2D eigenvalue weighted by molar-refractivity contribution is -0.138. The summed E-state index contributed by atoms with van der Waals surface area (Å²) in [6.45, 7) is 1.38. The molecule has 0 bridgehead atoms. The van der Waals surface area contributed by atoms with Gasteiger partial charge in [-0.15, -0.1) is 11.3 Å². The molecule has 94 valence electrons. The van der Waals surface area contributed by atoms with E-state index in [0.717, 1.165) is 4.88 Å². The smallest absolute Gasteiger partial charge is 0.325 e. The van der Waals surface area contributed by atoms with Crippen molar-refractivity contribution < 1.29 is 19.2 Å². The van der Waals surface area contributed by atoms with Gasteiger partial charge in [0.1, 0.15) is 6.04 Å². The molecule has 0 saturated carbocycles. The van der Waals surface area contributed by atoms with Crippen LogP contribution in [-0.2, 0) is 4.79 Å². The SMILES string of the molecule is C[C@@H](NC(=O)c1cc(-c2cccs2)on1)C(=O)O. The van der Waals surface area contributed by atoms with E-state index < -0.39 is 17.9 Å². The van der Waals surface area contributed by atoms with Gasteiger partial charge >= 0.3 is 5.97 Å². The first-order chi connectivity index (χ1) is 8.58. The molecule has 0 radical (unpaired) electrons. The highest BCUT2D eigenvalue weighted by Gasteiger charge is 2.19. The van der Waals surface area contributed by atoms with Crippen molar-refractivity contribution in [2.45, 2.75) is 13.0 Å². The summed E-state index contributed by atoms with van der Waals surface area (Å²) in [5.41, 5.74) is 0.0616. The van der Waals surface area contributed by atoms with E-state index in [0.29, 0.717) is 5.76 Å². The lowest BCUT2D eigenvalue weighted by Crippen LogP contribution is -2.38. The zero-order valence-electron chi connectivity index (χ0n) is 9.41. The molecule has 6 nitrogen and oxygen atoms in total. The Balaban J connectivity index is 2.11. The summed E-state index contributed by atoms with van der Waals surface area (Å²) in [5, 5.41) is 16.5. The Bertz CT molecular complexity index is 561. The highest BCUT2D eigenvalue weighted by atomic mass is 32.1. The molecule has 2 aromatic heterocycles. The van der Waals surface area contributed by atoms with E-state index in [4.69, 9.17) is 9.63 Å². The number of carboxylic acid groups (broad SMARTS) is 1. The van der Waals surface area contributed by atoms with Gasteiger partial charge in [-0.1, -0.05) is 11.2 Å². The molecule has 0 saturated heterocycles. The van der Waals surface area contributed by atoms with E-state index >= 15 is 0 Å². The summed E-state index contributed by atoms with van der Waals surface area (Å²) in [7, 11) is 0. The number of carboxylic acids is 1. The average Bonchev–Trinajstić information content (AvgIpc) is 2.99. The maximum atomic E-state index is 11.6. The summed E-state index contributed by atoms with van der Waals surface area (Å²) in [6, 6.07) is 4.21. The second-order valence-electron chi connectivity index (χ2n) is 3.59. The van der Waals surface area contributed by atoms with Gasteiger partial charge < -0.3 is 14.9 Å². The molecule has 0 unspecified atom stereocenters. The summed E-state index contributed by atoms with van der Waals surface area (Å²) in [5.74, 6) is -1.19. The van der Waals surface area contributed by atoms with Gasteiger partial charge in [-0.25, -0.2) is 0 Å². The lowest BCUT2D eigenvalue weighted by Gasteiger charge is -2.06. The molecule has 2 N–H and O–H groups in total. The minimum absolute atomic E-state index is 0.0616. The number of rotatable bonds is 4. The third kappa shape index (κ3) is 2.57. The molecule has 0 fully saturated rings. The predicted octanol–water partition coefficient (Wildman–Crippen LogP) is 1.61. The van der Waals surface area contributed by atoms with E-state index in [1.807, 2.05) is 17.5 Å². The quantitative estimate of drug-likeness (QED) is 0.877. The number of carbonyl (C=O) groups excluding carboxylic acids is 1. The molecule has 0 aliphatic rings. The first-order valence-electron chi connectivity index (χ1n) is 5.12. The van der Waals surface area contributed by atoms with Crippen molar-refractivity contribution in [1.29, 1.82) is 0 Å². The van der Waals surface area contributed by atoms with Crippen LogP contribution in [0, 0.1) is 0 Å². The van der Waals surface area contributed by atoms with Crippen LogP contribution in [0.25, 0.3) is 10.6 Å². The number of hydrogen-bond acceptors (Lipinski definition) is 5.